The zero-order valence-corrected chi connectivity index (χ0v) is 17.6. The summed E-state index contributed by atoms with van der Waals surface area (Å²) in [6.45, 7) is 1.75. The van der Waals surface area contributed by atoms with Crippen LogP contribution in [0.2, 0.25) is 0 Å². The Morgan fingerprint density at radius 2 is 1.97 bits per heavy atom. The van der Waals surface area contributed by atoms with Gasteiger partial charge >= 0.3 is 5.97 Å². The molecule has 0 fully saturated rings. The van der Waals surface area contributed by atoms with Crippen LogP contribution in [0.4, 0.5) is 5.13 Å². The second-order valence-corrected chi connectivity index (χ2v) is 7.08. The van der Waals surface area contributed by atoms with E-state index in [4.69, 9.17) is 14.2 Å². The highest BCUT2D eigenvalue weighted by Crippen LogP contribution is 2.32. The van der Waals surface area contributed by atoms with Crippen molar-refractivity contribution in [1.29, 1.82) is 0 Å². The Hall–Kier alpha value is -3.40. The van der Waals surface area contributed by atoms with Crippen LogP contribution in [-0.2, 0) is 20.7 Å². The van der Waals surface area contributed by atoms with E-state index in [1.165, 1.54) is 17.4 Å². The Kier molecular flexibility index (Phi) is 6.68. The van der Waals surface area contributed by atoms with Gasteiger partial charge in [0.2, 0.25) is 11.8 Å². The van der Waals surface area contributed by atoms with Gasteiger partial charge in [-0.2, -0.15) is 0 Å². The molecule has 0 aliphatic carbocycles. The van der Waals surface area contributed by atoms with Crippen molar-refractivity contribution in [2.24, 2.45) is 0 Å². The molecule has 1 aliphatic rings. The Balaban J connectivity index is 1.68. The summed E-state index contributed by atoms with van der Waals surface area (Å²) in [5.74, 6) is -0.133. The standard InChI is InChI=1S/C20H21N3O6S/c1-4-29-19(26)14-11-30-20(21-14)22-17(24)10-23-6-5-12-7-15(27-2)16(28-3)8-13(12)9-18(23)25/h5-8,11H,4,9-10H2,1-3H3,(H,21,22,24). The first-order valence-electron chi connectivity index (χ1n) is 9.10. The van der Waals surface area contributed by atoms with Gasteiger partial charge in [-0.25, -0.2) is 9.78 Å². The van der Waals surface area contributed by atoms with Crippen molar-refractivity contribution >= 4 is 40.3 Å². The molecular formula is C20H21N3O6S. The second-order valence-electron chi connectivity index (χ2n) is 6.23. The van der Waals surface area contributed by atoms with Crippen molar-refractivity contribution in [3.63, 3.8) is 0 Å². The molecule has 2 heterocycles. The topological polar surface area (TPSA) is 107 Å². The number of hydrogen-bond donors (Lipinski definition) is 1. The average molecular weight is 431 g/mol. The van der Waals surface area contributed by atoms with Gasteiger partial charge in [0.1, 0.15) is 6.54 Å². The molecule has 0 bridgehead atoms. The zero-order valence-electron chi connectivity index (χ0n) is 16.8. The van der Waals surface area contributed by atoms with E-state index in [1.54, 1.807) is 38.4 Å². The number of rotatable bonds is 7. The monoisotopic (exact) mass is 431 g/mol. The minimum Gasteiger partial charge on any atom is -0.493 e. The molecular weight excluding hydrogens is 410 g/mol. The van der Waals surface area contributed by atoms with Gasteiger partial charge in [0.15, 0.2) is 22.3 Å². The number of amides is 2. The van der Waals surface area contributed by atoms with Crippen molar-refractivity contribution in [3.8, 4) is 11.5 Å². The van der Waals surface area contributed by atoms with Crippen LogP contribution in [0.5, 0.6) is 11.5 Å². The second kappa shape index (κ2) is 9.40. The number of aromatic nitrogens is 1. The van der Waals surface area contributed by atoms with Crippen molar-refractivity contribution < 1.29 is 28.6 Å². The highest BCUT2D eigenvalue weighted by atomic mass is 32.1. The highest BCUT2D eigenvalue weighted by Gasteiger charge is 2.22. The molecule has 1 aliphatic heterocycles. The lowest BCUT2D eigenvalue weighted by molar-refractivity contribution is -0.131. The minimum absolute atomic E-state index is 0.111. The van der Waals surface area contributed by atoms with E-state index < -0.39 is 11.9 Å². The lowest BCUT2D eigenvalue weighted by Crippen LogP contribution is -2.34. The van der Waals surface area contributed by atoms with Crippen LogP contribution in [0.3, 0.4) is 0 Å². The Morgan fingerprint density at radius 1 is 1.23 bits per heavy atom. The largest absolute Gasteiger partial charge is 0.493 e. The number of hydrogen-bond acceptors (Lipinski definition) is 8. The number of anilines is 1. The molecule has 158 valence electrons. The van der Waals surface area contributed by atoms with Crippen LogP contribution in [0.25, 0.3) is 6.08 Å². The van der Waals surface area contributed by atoms with Crippen molar-refractivity contribution in [2.75, 3.05) is 32.7 Å². The zero-order chi connectivity index (χ0) is 21.7. The summed E-state index contributed by atoms with van der Waals surface area (Å²) in [4.78, 5) is 42.1. The molecule has 2 aromatic rings. The van der Waals surface area contributed by atoms with Crippen LogP contribution in [0.1, 0.15) is 28.5 Å². The van der Waals surface area contributed by atoms with E-state index in [-0.39, 0.29) is 36.3 Å². The number of carbonyl (C=O) groups excluding carboxylic acids is 3. The van der Waals surface area contributed by atoms with Gasteiger partial charge in [-0.1, -0.05) is 0 Å². The van der Waals surface area contributed by atoms with Gasteiger partial charge in [0, 0.05) is 11.6 Å². The number of thiazole rings is 1. The van der Waals surface area contributed by atoms with Gasteiger partial charge in [0.25, 0.3) is 0 Å². The summed E-state index contributed by atoms with van der Waals surface area (Å²) in [6, 6.07) is 3.54. The number of esters is 1. The third-order valence-electron chi connectivity index (χ3n) is 4.29. The first-order valence-corrected chi connectivity index (χ1v) is 9.98. The third kappa shape index (κ3) is 4.77. The molecule has 10 heteroatoms. The fraction of sp³-hybridized carbons (Fsp3) is 0.300. The molecule has 30 heavy (non-hydrogen) atoms. The van der Waals surface area contributed by atoms with Crippen molar-refractivity contribution in [1.82, 2.24) is 9.88 Å². The Bertz CT molecular complexity index is 1000. The van der Waals surface area contributed by atoms with Gasteiger partial charge in [0.05, 0.1) is 27.2 Å². The van der Waals surface area contributed by atoms with Crippen LogP contribution in [0, 0.1) is 0 Å². The number of methoxy groups -OCH3 is 2. The van der Waals surface area contributed by atoms with Crippen LogP contribution in [0.15, 0.2) is 23.7 Å². The minimum atomic E-state index is -0.552. The predicted octanol–water partition coefficient (Wildman–Crippen LogP) is 2.33. The van der Waals surface area contributed by atoms with E-state index in [1.807, 2.05) is 0 Å². The van der Waals surface area contributed by atoms with E-state index in [9.17, 15) is 14.4 Å². The maximum atomic E-state index is 12.6. The van der Waals surface area contributed by atoms with Crippen LogP contribution >= 0.6 is 11.3 Å². The third-order valence-corrected chi connectivity index (χ3v) is 5.05. The molecule has 0 spiro atoms. The summed E-state index contributed by atoms with van der Waals surface area (Å²) in [7, 11) is 3.07. The van der Waals surface area contributed by atoms with Gasteiger partial charge in [-0.05, 0) is 36.3 Å². The molecule has 1 aromatic carbocycles. The lowest BCUT2D eigenvalue weighted by Gasteiger charge is -2.16. The number of ether oxygens (including phenoxy) is 3. The first kappa shape index (κ1) is 21.3. The molecule has 0 radical (unpaired) electrons. The van der Waals surface area contributed by atoms with E-state index in [0.717, 1.165) is 22.5 Å². The molecule has 2 amide bonds. The fourth-order valence-corrected chi connectivity index (χ4v) is 3.54. The maximum Gasteiger partial charge on any atom is 0.357 e. The van der Waals surface area contributed by atoms with E-state index >= 15 is 0 Å². The molecule has 0 saturated heterocycles. The summed E-state index contributed by atoms with van der Waals surface area (Å²) >= 11 is 1.10. The number of fused-ring (bicyclic) bond motifs is 1. The quantitative estimate of drug-likeness (QED) is 0.671. The first-order chi connectivity index (χ1) is 14.4. The van der Waals surface area contributed by atoms with Crippen LogP contribution < -0.4 is 14.8 Å². The van der Waals surface area contributed by atoms with E-state index in [0.29, 0.717) is 11.5 Å². The molecule has 0 saturated carbocycles. The Morgan fingerprint density at radius 3 is 2.67 bits per heavy atom. The van der Waals surface area contributed by atoms with Gasteiger partial charge in [-0.15, -0.1) is 11.3 Å². The Labute approximate surface area is 177 Å². The SMILES string of the molecule is CCOC(=O)c1csc(NC(=O)CN2C=Cc3cc(OC)c(OC)cc3CC2=O)n1. The molecule has 0 unspecified atom stereocenters. The predicted molar refractivity (Wildman–Crippen MR) is 111 cm³/mol. The summed E-state index contributed by atoms with van der Waals surface area (Å²) < 4.78 is 15.5. The van der Waals surface area contributed by atoms with Gasteiger partial charge in [-0.3, -0.25) is 9.59 Å². The number of nitrogens with zero attached hydrogens (tertiary/aromatic N) is 2. The van der Waals surface area contributed by atoms with Crippen LogP contribution in [-0.4, -0.2) is 55.0 Å². The maximum absolute atomic E-state index is 12.6. The average Bonchev–Trinajstić information content (AvgIpc) is 3.13. The molecule has 0 atom stereocenters. The fourth-order valence-electron chi connectivity index (χ4n) is 2.85. The normalized spacial score (nSPS) is 12.8. The smallest absolute Gasteiger partial charge is 0.357 e. The summed E-state index contributed by atoms with van der Waals surface area (Å²) in [6.07, 6.45) is 3.42. The lowest BCUT2D eigenvalue weighted by atomic mass is 10.0. The number of nitrogens with one attached hydrogen (secondary N) is 1. The molecule has 1 aromatic heterocycles. The number of carbonyl (C=O) groups is 3. The molecule has 1 N–H and O–H groups in total. The van der Waals surface area contributed by atoms with E-state index in [2.05, 4.69) is 10.3 Å². The summed E-state index contributed by atoms with van der Waals surface area (Å²) in [5.41, 5.74) is 1.71. The van der Waals surface area contributed by atoms with Crippen molar-refractivity contribution in [2.45, 2.75) is 13.3 Å². The van der Waals surface area contributed by atoms with Crippen molar-refractivity contribution in [3.05, 3.63) is 40.5 Å². The number of benzene rings is 1. The highest BCUT2D eigenvalue weighted by molar-refractivity contribution is 7.14. The summed E-state index contributed by atoms with van der Waals surface area (Å²) in [5, 5.41) is 4.36. The molecule has 3 rings (SSSR count). The molecule has 9 nitrogen and oxygen atoms in total. The van der Waals surface area contributed by atoms with Gasteiger partial charge < -0.3 is 24.4 Å².